The van der Waals surface area contributed by atoms with Gasteiger partial charge in [0.2, 0.25) is 11.8 Å². The van der Waals surface area contributed by atoms with Crippen molar-refractivity contribution in [1.82, 2.24) is 10.6 Å². The van der Waals surface area contributed by atoms with E-state index in [-0.39, 0.29) is 31.3 Å². The highest BCUT2D eigenvalue weighted by molar-refractivity contribution is 5.91. The number of carbonyl (C=O) groups excluding carboxylic acids is 3. The van der Waals surface area contributed by atoms with Crippen molar-refractivity contribution in [3.05, 3.63) is 36.1 Å². The molecule has 0 aliphatic carbocycles. The lowest BCUT2D eigenvalue weighted by Crippen LogP contribution is -2.40. The summed E-state index contributed by atoms with van der Waals surface area (Å²) in [5, 5.41) is 14.2. The van der Waals surface area contributed by atoms with Gasteiger partial charge in [-0.05, 0) is 37.2 Å². The summed E-state index contributed by atoms with van der Waals surface area (Å²) in [5.41, 5.74) is 6.32. The molecule has 35 heavy (non-hydrogen) atoms. The first-order valence-electron chi connectivity index (χ1n) is 11.7. The monoisotopic (exact) mass is 492 g/mol. The highest BCUT2D eigenvalue weighted by atomic mass is 16.6. The second-order valence-corrected chi connectivity index (χ2v) is 8.69. The largest absolute Gasteiger partial charge is 0.479 e. The molecule has 0 aromatic heterocycles. The van der Waals surface area contributed by atoms with Gasteiger partial charge in [0.1, 0.15) is 0 Å². The van der Waals surface area contributed by atoms with Gasteiger partial charge in [-0.3, -0.25) is 19.4 Å². The van der Waals surface area contributed by atoms with Crippen LogP contribution in [-0.4, -0.2) is 61.3 Å². The molecule has 0 saturated heterocycles. The molecule has 0 bridgehead atoms. The number of carboxylic acids is 1. The molecule has 0 fully saturated rings. The number of carboxylic acid groups (broad SMARTS) is 1. The minimum Gasteiger partial charge on any atom is -0.479 e. The molecule has 0 radical (unpaired) electrons. The van der Waals surface area contributed by atoms with Crippen molar-refractivity contribution in [3.8, 4) is 0 Å². The van der Waals surface area contributed by atoms with Gasteiger partial charge in [-0.25, -0.2) is 4.79 Å². The topological polar surface area (TPSA) is 160 Å². The molecule has 0 spiro atoms. The lowest BCUT2D eigenvalue weighted by atomic mass is 10.0. The lowest BCUT2D eigenvalue weighted by molar-refractivity contribution is -0.167. The Morgan fingerprint density at radius 2 is 1.77 bits per heavy atom. The van der Waals surface area contributed by atoms with Crippen LogP contribution >= 0.6 is 0 Å². The van der Waals surface area contributed by atoms with Gasteiger partial charge in [0.15, 0.2) is 6.10 Å². The van der Waals surface area contributed by atoms with E-state index < -0.39 is 35.8 Å². The summed E-state index contributed by atoms with van der Waals surface area (Å²) < 4.78 is 5.04. The van der Waals surface area contributed by atoms with Crippen LogP contribution in [0.4, 0.5) is 0 Å². The molecular weight excluding hydrogens is 452 g/mol. The van der Waals surface area contributed by atoms with Crippen molar-refractivity contribution in [3.63, 3.8) is 0 Å². The van der Waals surface area contributed by atoms with Gasteiger partial charge >= 0.3 is 11.9 Å². The number of hydrogen-bond donors (Lipinski definition) is 4. The molecule has 5 N–H and O–H groups in total. The molecule has 0 aromatic carbocycles. The first-order chi connectivity index (χ1) is 16.5. The van der Waals surface area contributed by atoms with Crippen LogP contribution in [-0.2, 0) is 23.9 Å². The number of allylic oxidation sites excluding steroid dienone is 4. The Kier molecular flexibility index (Phi) is 16.2. The molecule has 3 atom stereocenters. The summed E-state index contributed by atoms with van der Waals surface area (Å²) in [6.07, 6.45) is 10.7. The number of ether oxygens (including phenoxy) is 1. The summed E-state index contributed by atoms with van der Waals surface area (Å²) in [6, 6.07) is 0. The molecule has 2 amide bonds. The Labute approximate surface area is 207 Å². The first kappa shape index (κ1) is 31.6. The third kappa shape index (κ3) is 15.9. The number of nitrogens with one attached hydrogen (secondary N) is 2. The molecule has 0 aliphatic rings. The molecule has 0 aliphatic heterocycles. The van der Waals surface area contributed by atoms with Crippen LogP contribution in [0, 0.1) is 17.8 Å². The smallest absolute Gasteiger partial charge is 0.345 e. The fourth-order valence-corrected chi connectivity index (χ4v) is 2.73. The van der Waals surface area contributed by atoms with E-state index in [0.717, 1.165) is 12.0 Å². The molecule has 0 aromatic rings. The van der Waals surface area contributed by atoms with E-state index in [2.05, 4.69) is 22.5 Å². The fourth-order valence-electron chi connectivity index (χ4n) is 2.73. The highest BCUT2D eigenvalue weighted by Gasteiger charge is 2.26. The van der Waals surface area contributed by atoms with Gasteiger partial charge in [-0.2, -0.15) is 0 Å². The van der Waals surface area contributed by atoms with E-state index >= 15 is 0 Å². The van der Waals surface area contributed by atoms with Crippen LogP contribution in [0.1, 0.15) is 47.0 Å². The van der Waals surface area contributed by atoms with E-state index in [4.69, 9.17) is 15.6 Å². The first-order valence-corrected chi connectivity index (χ1v) is 11.7. The quantitative estimate of drug-likeness (QED) is 0.111. The zero-order valence-electron chi connectivity index (χ0n) is 21.3. The average Bonchev–Trinajstić information content (AvgIpc) is 2.80. The van der Waals surface area contributed by atoms with Crippen LogP contribution < -0.4 is 16.4 Å². The van der Waals surface area contributed by atoms with Crippen LogP contribution in [0.3, 0.4) is 0 Å². The number of amides is 2. The molecular formula is C25H40N4O6. The third-order valence-corrected chi connectivity index (χ3v) is 4.80. The minimum absolute atomic E-state index is 0.0338. The second-order valence-electron chi connectivity index (χ2n) is 8.69. The Balaban J connectivity index is 4.28. The number of hydrogen-bond acceptors (Lipinski definition) is 7. The fraction of sp³-hybridized carbons (Fsp3) is 0.560. The van der Waals surface area contributed by atoms with Gasteiger partial charge in [0, 0.05) is 31.6 Å². The summed E-state index contributed by atoms with van der Waals surface area (Å²) in [7, 11) is 1.67. The van der Waals surface area contributed by atoms with Gasteiger partial charge < -0.3 is 26.2 Å². The molecule has 196 valence electrons. The lowest BCUT2D eigenvalue weighted by Gasteiger charge is -2.18. The van der Waals surface area contributed by atoms with Crippen molar-refractivity contribution in [2.45, 2.75) is 53.1 Å². The highest BCUT2D eigenvalue weighted by Crippen LogP contribution is 2.11. The van der Waals surface area contributed by atoms with E-state index in [1.165, 1.54) is 19.2 Å². The van der Waals surface area contributed by atoms with Gasteiger partial charge in [0.05, 0.1) is 12.5 Å². The minimum atomic E-state index is -1.22. The molecule has 0 heterocycles. The predicted octanol–water partition coefficient (Wildman–Crippen LogP) is 1.97. The number of esters is 1. The van der Waals surface area contributed by atoms with Crippen LogP contribution in [0.25, 0.3) is 0 Å². The van der Waals surface area contributed by atoms with E-state index in [9.17, 15) is 19.2 Å². The third-order valence-electron chi connectivity index (χ3n) is 4.80. The molecule has 3 unspecified atom stereocenters. The van der Waals surface area contributed by atoms with Crippen molar-refractivity contribution >= 4 is 30.0 Å². The van der Waals surface area contributed by atoms with Gasteiger partial charge in [0.25, 0.3) is 0 Å². The maximum absolute atomic E-state index is 12.1. The van der Waals surface area contributed by atoms with E-state index in [0.29, 0.717) is 6.42 Å². The Morgan fingerprint density at radius 3 is 2.34 bits per heavy atom. The summed E-state index contributed by atoms with van der Waals surface area (Å²) in [6.45, 7) is 6.96. The summed E-state index contributed by atoms with van der Waals surface area (Å²) >= 11 is 0. The van der Waals surface area contributed by atoms with Gasteiger partial charge in [-0.15, -0.1) is 0 Å². The molecule has 10 heteroatoms. The standard InChI is InChI=1S/C25H40N4O6/c1-17(2)12-21(24(32)33)35-25(34)19(4)14-28-23(31)16-29-22(30)9-7-6-8-18(3)10-11-20(13-26)15-27-5/h7,9-11,13,15,17-19,21H,6,8,12,14,16,26H2,1-5H3,(H,28,31)(H,29,30)(H,32,33)/b9-7+,11-10+,20-13-,27-15?. The predicted molar refractivity (Wildman–Crippen MR) is 136 cm³/mol. The van der Waals surface area contributed by atoms with Crippen LogP contribution in [0.15, 0.2) is 41.1 Å². The number of rotatable bonds is 16. The number of carbonyl (C=O) groups is 4. The SMILES string of the molecule is CN=CC(=C\N)/C=C/C(C)CC/C=C/C(=O)NCC(=O)NCC(C)C(=O)OC(CC(C)C)C(=O)O. The van der Waals surface area contributed by atoms with Gasteiger partial charge in [-0.1, -0.05) is 45.9 Å². The Morgan fingerprint density at radius 1 is 1.09 bits per heavy atom. The summed E-state index contributed by atoms with van der Waals surface area (Å²) in [4.78, 5) is 51.0. The Hall–Kier alpha value is -3.43. The van der Waals surface area contributed by atoms with Crippen molar-refractivity contribution in [1.29, 1.82) is 0 Å². The van der Waals surface area contributed by atoms with Crippen molar-refractivity contribution < 1.29 is 29.0 Å². The van der Waals surface area contributed by atoms with Crippen molar-refractivity contribution in [2.24, 2.45) is 28.5 Å². The summed E-state index contributed by atoms with van der Waals surface area (Å²) in [5.74, 6) is -3.19. The normalized spacial score (nSPS) is 14.9. The average molecular weight is 493 g/mol. The van der Waals surface area contributed by atoms with E-state index in [1.807, 2.05) is 26.0 Å². The zero-order valence-corrected chi connectivity index (χ0v) is 21.3. The van der Waals surface area contributed by atoms with Crippen molar-refractivity contribution in [2.75, 3.05) is 20.1 Å². The maximum atomic E-state index is 12.1. The number of nitrogens with zero attached hydrogens (tertiary/aromatic N) is 1. The number of aliphatic carboxylic acids is 1. The molecule has 0 saturated carbocycles. The van der Waals surface area contributed by atoms with Crippen LogP contribution in [0.2, 0.25) is 0 Å². The zero-order chi connectivity index (χ0) is 26.8. The Bertz CT molecular complexity index is 817. The maximum Gasteiger partial charge on any atom is 0.345 e. The van der Waals surface area contributed by atoms with E-state index in [1.54, 1.807) is 19.3 Å². The molecule has 10 nitrogen and oxygen atoms in total. The van der Waals surface area contributed by atoms with Crippen LogP contribution in [0.5, 0.6) is 0 Å². The second kappa shape index (κ2) is 18.0. The number of aliphatic imine (C=N–C) groups is 1. The molecule has 0 rings (SSSR count). The number of nitrogens with two attached hydrogens (primary N) is 1.